The fourth-order valence-corrected chi connectivity index (χ4v) is 3.13. The van der Waals surface area contributed by atoms with Crippen LogP contribution in [0.1, 0.15) is 37.4 Å². The highest BCUT2D eigenvalue weighted by atomic mass is 15.2. The Morgan fingerprint density at radius 2 is 2.17 bits per heavy atom. The Kier molecular flexibility index (Phi) is 4.41. The first-order valence-electron chi connectivity index (χ1n) is 7.08. The standard InChI is InChI=1S/C16H26N2/c1-12-6-5-7-15(9-12)16(17-4)11-18-10-13(2)8-14(18)3/h5-7,9,13-14,16-17H,8,10-11H2,1-4H3. The molecule has 2 nitrogen and oxygen atoms in total. The van der Waals surface area contributed by atoms with E-state index in [1.807, 2.05) is 0 Å². The Balaban J connectivity index is 2.05. The maximum absolute atomic E-state index is 3.47. The predicted molar refractivity (Wildman–Crippen MR) is 77.8 cm³/mol. The molecule has 0 amide bonds. The molecule has 2 heteroatoms. The molecule has 0 bridgehead atoms. The van der Waals surface area contributed by atoms with Gasteiger partial charge in [0.2, 0.25) is 0 Å². The average Bonchev–Trinajstić information content (AvgIpc) is 2.64. The van der Waals surface area contributed by atoms with Gasteiger partial charge >= 0.3 is 0 Å². The molecule has 1 aromatic carbocycles. The third kappa shape index (κ3) is 3.12. The fraction of sp³-hybridized carbons (Fsp3) is 0.625. The van der Waals surface area contributed by atoms with E-state index in [4.69, 9.17) is 0 Å². The minimum Gasteiger partial charge on any atom is -0.312 e. The molecule has 1 aromatic rings. The van der Waals surface area contributed by atoms with Gasteiger partial charge in [-0.3, -0.25) is 4.90 Å². The molecule has 1 saturated heterocycles. The normalized spacial score (nSPS) is 26.4. The second-order valence-electron chi connectivity index (χ2n) is 5.90. The first kappa shape index (κ1) is 13.6. The van der Waals surface area contributed by atoms with Crippen LogP contribution in [0.15, 0.2) is 24.3 Å². The van der Waals surface area contributed by atoms with Gasteiger partial charge in [-0.2, -0.15) is 0 Å². The molecular weight excluding hydrogens is 220 g/mol. The van der Waals surface area contributed by atoms with Crippen LogP contribution in [0, 0.1) is 12.8 Å². The van der Waals surface area contributed by atoms with Crippen molar-refractivity contribution in [1.29, 1.82) is 0 Å². The molecule has 1 heterocycles. The van der Waals surface area contributed by atoms with Gasteiger partial charge in [0.05, 0.1) is 0 Å². The van der Waals surface area contributed by atoms with Crippen molar-refractivity contribution in [2.45, 2.75) is 39.3 Å². The second-order valence-corrected chi connectivity index (χ2v) is 5.90. The maximum atomic E-state index is 3.47. The van der Waals surface area contributed by atoms with Crippen LogP contribution in [0.4, 0.5) is 0 Å². The third-order valence-corrected chi connectivity index (χ3v) is 4.12. The predicted octanol–water partition coefficient (Wildman–Crippen LogP) is 2.99. The lowest BCUT2D eigenvalue weighted by Crippen LogP contribution is -2.36. The van der Waals surface area contributed by atoms with Gasteiger partial charge in [0.25, 0.3) is 0 Å². The topological polar surface area (TPSA) is 15.3 Å². The monoisotopic (exact) mass is 246 g/mol. The summed E-state index contributed by atoms with van der Waals surface area (Å²) in [6, 6.07) is 10.0. The summed E-state index contributed by atoms with van der Waals surface area (Å²) in [4.78, 5) is 2.62. The summed E-state index contributed by atoms with van der Waals surface area (Å²) in [5.74, 6) is 0.843. The van der Waals surface area contributed by atoms with Crippen LogP contribution in [0.25, 0.3) is 0 Å². The van der Waals surface area contributed by atoms with Crippen molar-refractivity contribution in [1.82, 2.24) is 10.2 Å². The lowest BCUT2D eigenvalue weighted by atomic mass is 10.0. The molecule has 0 spiro atoms. The van der Waals surface area contributed by atoms with Gasteiger partial charge in [-0.1, -0.05) is 36.8 Å². The van der Waals surface area contributed by atoms with Crippen LogP contribution < -0.4 is 5.32 Å². The van der Waals surface area contributed by atoms with Gasteiger partial charge in [0, 0.05) is 25.2 Å². The quantitative estimate of drug-likeness (QED) is 0.878. The fourth-order valence-electron chi connectivity index (χ4n) is 3.13. The van der Waals surface area contributed by atoms with Crippen LogP contribution in [-0.4, -0.2) is 31.1 Å². The summed E-state index contributed by atoms with van der Waals surface area (Å²) in [5, 5.41) is 3.47. The van der Waals surface area contributed by atoms with Crippen LogP contribution in [0.3, 0.4) is 0 Å². The Bertz CT molecular complexity index is 388. The Morgan fingerprint density at radius 3 is 2.72 bits per heavy atom. The van der Waals surface area contributed by atoms with Crippen molar-refractivity contribution in [3.8, 4) is 0 Å². The molecule has 1 aliphatic heterocycles. The summed E-state index contributed by atoms with van der Waals surface area (Å²) in [7, 11) is 2.07. The van der Waals surface area contributed by atoms with Gasteiger partial charge in [-0.15, -0.1) is 0 Å². The molecule has 3 atom stereocenters. The number of rotatable bonds is 4. The minimum atomic E-state index is 0.442. The van der Waals surface area contributed by atoms with E-state index in [2.05, 4.69) is 62.3 Å². The summed E-state index contributed by atoms with van der Waals surface area (Å²) < 4.78 is 0. The number of nitrogens with zero attached hydrogens (tertiary/aromatic N) is 1. The van der Waals surface area contributed by atoms with Crippen LogP contribution >= 0.6 is 0 Å². The van der Waals surface area contributed by atoms with Crippen LogP contribution in [0.2, 0.25) is 0 Å². The number of likely N-dealkylation sites (N-methyl/N-ethyl adjacent to an activating group) is 1. The van der Waals surface area contributed by atoms with E-state index in [-0.39, 0.29) is 0 Å². The zero-order chi connectivity index (χ0) is 13.1. The van der Waals surface area contributed by atoms with Crippen LogP contribution in [-0.2, 0) is 0 Å². The molecule has 1 N–H and O–H groups in total. The molecule has 1 aliphatic rings. The second kappa shape index (κ2) is 5.85. The average molecular weight is 246 g/mol. The maximum Gasteiger partial charge on any atom is 0.0447 e. The lowest BCUT2D eigenvalue weighted by Gasteiger charge is -2.27. The number of aryl methyl sites for hydroxylation is 1. The Morgan fingerprint density at radius 1 is 1.39 bits per heavy atom. The van der Waals surface area contributed by atoms with Gasteiger partial charge in [-0.05, 0) is 38.8 Å². The highest BCUT2D eigenvalue weighted by molar-refractivity contribution is 5.25. The Hall–Kier alpha value is -0.860. The summed E-state index contributed by atoms with van der Waals surface area (Å²) >= 11 is 0. The van der Waals surface area contributed by atoms with E-state index in [1.165, 1.54) is 24.1 Å². The zero-order valence-corrected chi connectivity index (χ0v) is 12.1. The van der Waals surface area contributed by atoms with E-state index in [9.17, 15) is 0 Å². The number of hydrogen-bond donors (Lipinski definition) is 1. The van der Waals surface area contributed by atoms with Gasteiger partial charge < -0.3 is 5.32 Å². The number of hydrogen-bond acceptors (Lipinski definition) is 2. The number of likely N-dealkylation sites (tertiary alicyclic amines) is 1. The minimum absolute atomic E-state index is 0.442. The van der Waals surface area contributed by atoms with Crippen molar-refractivity contribution >= 4 is 0 Å². The Labute approximate surface area is 111 Å². The largest absolute Gasteiger partial charge is 0.312 e. The smallest absolute Gasteiger partial charge is 0.0447 e. The lowest BCUT2D eigenvalue weighted by molar-refractivity contribution is 0.238. The van der Waals surface area contributed by atoms with Crippen molar-refractivity contribution in [2.24, 2.45) is 5.92 Å². The van der Waals surface area contributed by atoms with Gasteiger partial charge in [-0.25, -0.2) is 0 Å². The van der Waals surface area contributed by atoms with Gasteiger partial charge in [0.1, 0.15) is 0 Å². The van der Waals surface area contributed by atoms with Crippen molar-refractivity contribution in [3.63, 3.8) is 0 Å². The number of nitrogens with one attached hydrogen (secondary N) is 1. The van der Waals surface area contributed by atoms with E-state index in [1.54, 1.807) is 0 Å². The molecule has 18 heavy (non-hydrogen) atoms. The molecule has 0 saturated carbocycles. The van der Waals surface area contributed by atoms with Crippen molar-refractivity contribution in [3.05, 3.63) is 35.4 Å². The first-order valence-corrected chi connectivity index (χ1v) is 7.08. The highest BCUT2D eigenvalue weighted by Gasteiger charge is 2.27. The zero-order valence-electron chi connectivity index (χ0n) is 12.1. The molecule has 1 fully saturated rings. The van der Waals surface area contributed by atoms with E-state index < -0.39 is 0 Å². The molecule has 0 aromatic heterocycles. The molecular formula is C16H26N2. The van der Waals surface area contributed by atoms with Gasteiger partial charge in [0.15, 0.2) is 0 Å². The molecule has 0 aliphatic carbocycles. The van der Waals surface area contributed by atoms with Crippen molar-refractivity contribution in [2.75, 3.05) is 20.1 Å². The first-order chi connectivity index (χ1) is 8.60. The summed E-state index contributed by atoms with van der Waals surface area (Å²) in [6.45, 7) is 9.23. The highest BCUT2D eigenvalue weighted by Crippen LogP contribution is 2.25. The third-order valence-electron chi connectivity index (χ3n) is 4.12. The summed E-state index contributed by atoms with van der Waals surface area (Å²) in [5.41, 5.74) is 2.75. The van der Waals surface area contributed by atoms with E-state index in [0.717, 1.165) is 18.5 Å². The van der Waals surface area contributed by atoms with Crippen LogP contribution in [0.5, 0.6) is 0 Å². The SMILES string of the molecule is CNC(CN1CC(C)CC1C)c1cccc(C)c1. The molecule has 0 radical (unpaired) electrons. The van der Waals surface area contributed by atoms with E-state index in [0.29, 0.717) is 6.04 Å². The van der Waals surface area contributed by atoms with Crippen molar-refractivity contribution < 1.29 is 0 Å². The summed E-state index contributed by atoms with van der Waals surface area (Å²) in [6.07, 6.45) is 1.34. The molecule has 3 unspecified atom stereocenters. The molecule has 100 valence electrons. The molecule has 2 rings (SSSR count). The number of benzene rings is 1. The van der Waals surface area contributed by atoms with E-state index >= 15 is 0 Å².